The number of para-hydroxylation sites is 1. The lowest BCUT2D eigenvalue weighted by atomic mass is 10.1. The third kappa shape index (κ3) is 4.83. The van der Waals surface area contributed by atoms with Crippen molar-refractivity contribution in [3.05, 3.63) is 45.9 Å². The first-order chi connectivity index (χ1) is 11.3. The van der Waals surface area contributed by atoms with Crippen molar-refractivity contribution in [2.45, 2.75) is 32.4 Å². The number of thiazole rings is 1. The van der Waals surface area contributed by atoms with Crippen LogP contribution in [0.25, 0.3) is 0 Å². The average molecular weight is 458 g/mol. The largest absolute Gasteiger partial charge is 0.488 e. The van der Waals surface area contributed by atoms with Gasteiger partial charge in [0.2, 0.25) is 0 Å². The quantitative estimate of drug-likeness (QED) is 0.411. The fourth-order valence-electron chi connectivity index (χ4n) is 2.55. The molecule has 0 saturated carbocycles. The maximum Gasteiger partial charge on any atom is 0.191 e. The van der Waals surface area contributed by atoms with Crippen molar-refractivity contribution >= 4 is 41.3 Å². The van der Waals surface area contributed by atoms with E-state index in [1.165, 1.54) is 10.4 Å². The van der Waals surface area contributed by atoms with Crippen LogP contribution in [0.3, 0.4) is 0 Å². The van der Waals surface area contributed by atoms with Crippen molar-refractivity contribution in [2.75, 3.05) is 13.6 Å². The van der Waals surface area contributed by atoms with Gasteiger partial charge >= 0.3 is 0 Å². The van der Waals surface area contributed by atoms with Gasteiger partial charge in [-0.2, -0.15) is 0 Å². The summed E-state index contributed by atoms with van der Waals surface area (Å²) in [6, 6.07) is 8.21. The minimum atomic E-state index is 0. The first-order valence-electron chi connectivity index (χ1n) is 7.91. The molecule has 1 aliphatic heterocycles. The van der Waals surface area contributed by atoms with Crippen molar-refractivity contribution in [3.63, 3.8) is 0 Å². The predicted octanol–water partition coefficient (Wildman–Crippen LogP) is 2.99. The highest BCUT2D eigenvalue weighted by molar-refractivity contribution is 14.0. The van der Waals surface area contributed by atoms with E-state index in [-0.39, 0.29) is 30.1 Å². The second-order valence-corrected chi connectivity index (χ2v) is 6.63. The highest BCUT2D eigenvalue weighted by atomic mass is 127. The Kier molecular flexibility index (Phi) is 7.29. The van der Waals surface area contributed by atoms with Gasteiger partial charge in [0.05, 0.1) is 13.1 Å². The first kappa shape index (κ1) is 19.0. The van der Waals surface area contributed by atoms with Gasteiger partial charge in [0.15, 0.2) is 5.96 Å². The highest BCUT2D eigenvalue weighted by Crippen LogP contribution is 2.27. The summed E-state index contributed by atoms with van der Waals surface area (Å²) in [5.41, 5.74) is 1.28. The molecule has 1 aliphatic rings. The Morgan fingerprint density at radius 2 is 2.21 bits per heavy atom. The van der Waals surface area contributed by atoms with E-state index in [9.17, 15) is 0 Å². The average Bonchev–Trinajstić information content (AvgIpc) is 3.21. The summed E-state index contributed by atoms with van der Waals surface area (Å²) in [5, 5.41) is 7.71. The second-order valence-electron chi connectivity index (χ2n) is 5.43. The summed E-state index contributed by atoms with van der Waals surface area (Å²) in [7, 11) is 1.78. The lowest BCUT2D eigenvalue weighted by Crippen LogP contribution is -2.41. The summed E-state index contributed by atoms with van der Waals surface area (Å²) in [5.74, 6) is 1.77. The zero-order valence-corrected chi connectivity index (χ0v) is 17.1. The molecule has 0 aliphatic carbocycles. The van der Waals surface area contributed by atoms with Crippen LogP contribution in [-0.2, 0) is 19.4 Å². The third-order valence-corrected chi connectivity index (χ3v) is 4.93. The lowest BCUT2D eigenvalue weighted by molar-refractivity contribution is 0.235. The van der Waals surface area contributed by atoms with Crippen LogP contribution in [0.1, 0.15) is 22.4 Å². The molecule has 5 nitrogen and oxygen atoms in total. The van der Waals surface area contributed by atoms with E-state index in [1.807, 2.05) is 18.3 Å². The van der Waals surface area contributed by atoms with Crippen LogP contribution in [0, 0.1) is 0 Å². The van der Waals surface area contributed by atoms with Gasteiger partial charge in [-0.25, -0.2) is 4.98 Å². The van der Waals surface area contributed by atoms with Gasteiger partial charge in [-0.1, -0.05) is 25.1 Å². The number of hydrogen-bond donors (Lipinski definition) is 2. The van der Waals surface area contributed by atoms with E-state index in [0.29, 0.717) is 6.54 Å². The number of guanidine groups is 1. The molecule has 7 heteroatoms. The summed E-state index contributed by atoms with van der Waals surface area (Å²) < 4.78 is 5.93. The van der Waals surface area contributed by atoms with Crippen LogP contribution >= 0.6 is 35.3 Å². The topological polar surface area (TPSA) is 58.5 Å². The molecule has 2 heterocycles. The molecule has 2 N–H and O–H groups in total. The monoisotopic (exact) mass is 458 g/mol. The molecule has 1 unspecified atom stereocenters. The number of aromatic nitrogens is 1. The van der Waals surface area contributed by atoms with Crippen molar-refractivity contribution in [1.29, 1.82) is 0 Å². The summed E-state index contributed by atoms with van der Waals surface area (Å²) in [6.45, 7) is 3.56. The number of hydrogen-bond acceptors (Lipinski definition) is 4. The Hall–Kier alpha value is -1.35. The van der Waals surface area contributed by atoms with Gasteiger partial charge in [-0.15, -0.1) is 35.3 Å². The molecule has 130 valence electrons. The van der Waals surface area contributed by atoms with E-state index >= 15 is 0 Å². The molecule has 1 aromatic heterocycles. The molecule has 1 atom stereocenters. The second kappa shape index (κ2) is 9.22. The minimum absolute atomic E-state index is 0. The van der Waals surface area contributed by atoms with Crippen LogP contribution in [-0.4, -0.2) is 30.6 Å². The standard InChI is InChI=1S/C17H22N4OS.HI/c1-3-14-10-19-16(23-14)11-21-17(18-2)20-9-13-8-12-6-4-5-7-15(12)22-13;/h4-7,10,13H,3,8-9,11H2,1-2H3,(H2,18,20,21);1H. The molecule has 1 aromatic carbocycles. The van der Waals surface area contributed by atoms with Crippen LogP contribution in [0.2, 0.25) is 0 Å². The Morgan fingerprint density at radius 3 is 2.92 bits per heavy atom. The first-order valence-corrected chi connectivity index (χ1v) is 8.72. The van der Waals surface area contributed by atoms with E-state index < -0.39 is 0 Å². The van der Waals surface area contributed by atoms with Gasteiger partial charge < -0.3 is 15.4 Å². The minimum Gasteiger partial charge on any atom is -0.488 e. The number of benzene rings is 1. The number of ether oxygens (including phenoxy) is 1. The van der Waals surface area contributed by atoms with Crippen molar-refractivity contribution in [2.24, 2.45) is 4.99 Å². The Labute approximate surface area is 164 Å². The Bertz CT molecular complexity index is 664. The highest BCUT2D eigenvalue weighted by Gasteiger charge is 2.22. The van der Waals surface area contributed by atoms with E-state index in [1.54, 1.807) is 18.4 Å². The zero-order valence-electron chi connectivity index (χ0n) is 13.9. The zero-order chi connectivity index (χ0) is 16.1. The molecule has 0 spiro atoms. The van der Waals surface area contributed by atoms with E-state index in [4.69, 9.17) is 4.74 Å². The molecule has 0 saturated heterocycles. The predicted molar refractivity (Wildman–Crippen MR) is 110 cm³/mol. The van der Waals surface area contributed by atoms with Crippen molar-refractivity contribution in [3.8, 4) is 5.75 Å². The van der Waals surface area contributed by atoms with Gasteiger partial charge in [0, 0.05) is 24.5 Å². The lowest BCUT2D eigenvalue weighted by Gasteiger charge is -2.15. The maximum atomic E-state index is 5.93. The smallest absolute Gasteiger partial charge is 0.191 e. The SMILES string of the molecule is CCc1cnc(CNC(=NC)NCC2Cc3ccccc3O2)s1.I. The van der Waals surface area contributed by atoms with Gasteiger partial charge in [-0.3, -0.25) is 4.99 Å². The number of rotatable bonds is 5. The van der Waals surface area contributed by atoms with Crippen LogP contribution in [0.15, 0.2) is 35.5 Å². The normalized spacial score (nSPS) is 16.1. The Morgan fingerprint density at radius 1 is 1.38 bits per heavy atom. The molecular weight excluding hydrogens is 435 g/mol. The molecule has 0 radical (unpaired) electrons. The third-order valence-electron chi connectivity index (χ3n) is 3.79. The number of nitrogens with zero attached hydrogens (tertiary/aromatic N) is 2. The van der Waals surface area contributed by atoms with Crippen LogP contribution in [0.4, 0.5) is 0 Å². The van der Waals surface area contributed by atoms with Crippen molar-refractivity contribution < 1.29 is 4.74 Å². The molecule has 3 rings (SSSR count). The Balaban J connectivity index is 0.00000208. The van der Waals surface area contributed by atoms with Crippen LogP contribution in [0.5, 0.6) is 5.75 Å². The molecule has 24 heavy (non-hydrogen) atoms. The van der Waals surface area contributed by atoms with Gasteiger partial charge in [0.1, 0.15) is 16.9 Å². The fraction of sp³-hybridized carbons (Fsp3) is 0.412. The summed E-state index contributed by atoms with van der Waals surface area (Å²) in [4.78, 5) is 9.97. The molecule has 0 amide bonds. The summed E-state index contributed by atoms with van der Waals surface area (Å²) >= 11 is 1.74. The summed E-state index contributed by atoms with van der Waals surface area (Å²) in [6.07, 6.45) is 4.07. The van der Waals surface area contributed by atoms with E-state index in [2.05, 4.69) is 39.7 Å². The number of aryl methyl sites for hydroxylation is 1. The van der Waals surface area contributed by atoms with E-state index in [0.717, 1.165) is 36.1 Å². The fourth-order valence-corrected chi connectivity index (χ4v) is 3.35. The van der Waals surface area contributed by atoms with Crippen molar-refractivity contribution in [1.82, 2.24) is 15.6 Å². The van der Waals surface area contributed by atoms with Gasteiger partial charge in [-0.05, 0) is 18.1 Å². The molecule has 0 fully saturated rings. The molecule has 0 bridgehead atoms. The maximum absolute atomic E-state index is 5.93. The number of aliphatic imine (C=N–C) groups is 1. The molecule has 2 aromatic rings. The van der Waals surface area contributed by atoms with Gasteiger partial charge in [0.25, 0.3) is 0 Å². The molecular formula is C17H23IN4OS. The number of fused-ring (bicyclic) bond motifs is 1. The number of halogens is 1. The number of nitrogens with one attached hydrogen (secondary N) is 2. The van der Waals surface area contributed by atoms with Crippen LogP contribution < -0.4 is 15.4 Å².